The maximum atomic E-state index is 15.4. The largest absolute Gasteiger partial charge is 0.462 e. The number of anilines is 2. The number of ether oxygens (including phenoxy) is 1. The van der Waals surface area contributed by atoms with E-state index in [1.807, 2.05) is 36.9 Å². The number of allylic oxidation sites excluding steroid dienone is 4. The van der Waals surface area contributed by atoms with E-state index in [1.54, 1.807) is 35.1 Å². The van der Waals surface area contributed by atoms with Crippen LogP contribution in [0.1, 0.15) is 45.1 Å². The number of amides is 2. The van der Waals surface area contributed by atoms with Crippen molar-refractivity contribution < 1.29 is 18.7 Å². The Balaban J connectivity index is 1.30. The zero-order chi connectivity index (χ0) is 33.7. The van der Waals surface area contributed by atoms with Crippen molar-refractivity contribution in [3.05, 3.63) is 77.1 Å². The number of nitrogen functional groups attached to an aromatic ring is 1. The van der Waals surface area contributed by atoms with Gasteiger partial charge in [-0.2, -0.15) is 5.26 Å². The van der Waals surface area contributed by atoms with Crippen LogP contribution in [0, 0.1) is 16.7 Å². The minimum Gasteiger partial charge on any atom is -0.462 e. The number of halogens is 1. The highest BCUT2D eigenvalue weighted by molar-refractivity contribution is 6.16. The van der Waals surface area contributed by atoms with Gasteiger partial charge in [-0.15, -0.1) is 0 Å². The third-order valence-electron chi connectivity index (χ3n) is 8.79. The summed E-state index contributed by atoms with van der Waals surface area (Å²) in [6.45, 7) is 5.95. The number of carbonyl (C=O) groups is 2. The number of carbonyl (C=O) groups excluding carboxylic acids is 2. The molecular weight excluding hydrogens is 601 g/mol. The fourth-order valence-corrected chi connectivity index (χ4v) is 6.02. The van der Waals surface area contributed by atoms with Crippen molar-refractivity contribution >= 4 is 29.2 Å². The number of piperazine rings is 1. The number of likely N-dealkylation sites (N-methyl/N-ethyl adjacent to an activating group) is 1. The van der Waals surface area contributed by atoms with Crippen LogP contribution in [0.2, 0.25) is 0 Å². The second kappa shape index (κ2) is 14.1. The Morgan fingerprint density at radius 2 is 1.98 bits per heavy atom. The molecule has 0 bridgehead atoms. The molecule has 1 aromatic heterocycles. The van der Waals surface area contributed by atoms with E-state index in [9.17, 15) is 14.9 Å². The Bertz CT molecular complexity index is 1680. The Kier molecular flexibility index (Phi) is 10.0. The van der Waals surface area contributed by atoms with Crippen LogP contribution in [0.25, 0.3) is 0 Å². The van der Waals surface area contributed by atoms with Gasteiger partial charge in [-0.05, 0) is 51.3 Å². The van der Waals surface area contributed by atoms with Crippen LogP contribution in [0.15, 0.2) is 71.5 Å². The van der Waals surface area contributed by atoms with Gasteiger partial charge >= 0.3 is 0 Å². The van der Waals surface area contributed by atoms with Gasteiger partial charge in [0.2, 0.25) is 5.91 Å². The zero-order valence-electron chi connectivity index (χ0n) is 26.9. The molecule has 4 N–H and O–H groups in total. The summed E-state index contributed by atoms with van der Waals surface area (Å²) in [6, 6.07) is 10.9. The molecule has 2 amide bonds. The zero-order valence-corrected chi connectivity index (χ0v) is 26.9. The van der Waals surface area contributed by atoms with Crippen molar-refractivity contribution in [2.45, 2.75) is 51.1 Å². The van der Waals surface area contributed by atoms with Crippen LogP contribution in [0.3, 0.4) is 0 Å². The van der Waals surface area contributed by atoms with E-state index >= 15 is 4.39 Å². The predicted octanol–water partition coefficient (Wildman–Crippen LogP) is 3.81. The molecule has 0 spiro atoms. The molecule has 2 aromatic rings. The molecule has 13 heteroatoms. The predicted molar refractivity (Wildman–Crippen MR) is 176 cm³/mol. The maximum absolute atomic E-state index is 15.4. The molecule has 2 saturated heterocycles. The SMILES string of the molecule is CN1CCN(C(C)(C)/C=C(\C#N)C(=O)N2CCCC(Nc3ncnc(N)c3C(=N)C3=C(F)C=C(Oc4ccccc4)CC3)C2)CC1=O. The van der Waals surface area contributed by atoms with Gasteiger partial charge in [0.25, 0.3) is 5.91 Å². The molecule has 1 aromatic carbocycles. The van der Waals surface area contributed by atoms with Crippen LogP contribution in [0.4, 0.5) is 16.0 Å². The van der Waals surface area contributed by atoms with E-state index in [2.05, 4.69) is 21.4 Å². The Morgan fingerprint density at radius 3 is 2.68 bits per heavy atom. The summed E-state index contributed by atoms with van der Waals surface area (Å²) in [6.07, 6.45) is 6.20. The molecule has 5 rings (SSSR count). The van der Waals surface area contributed by atoms with Crippen molar-refractivity contribution in [1.29, 1.82) is 10.7 Å². The van der Waals surface area contributed by atoms with Gasteiger partial charge in [0, 0.05) is 62.9 Å². The van der Waals surface area contributed by atoms with Crippen molar-refractivity contribution in [3.8, 4) is 11.8 Å². The summed E-state index contributed by atoms with van der Waals surface area (Å²) in [4.78, 5) is 39.6. The molecule has 1 unspecified atom stereocenters. The van der Waals surface area contributed by atoms with E-state index in [4.69, 9.17) is 15.9 Å². The highest BCUT2D eigenvalue weighted by Gasteiger charge is 2.34. The molecule has 47 heavy (non-hydrogen) atoms. The second-order valence-corrected chi connectivity index (χ2v) is 12.5. The highest BCUT2D eigenvalue weighted by Crippen LogP contribution is 2.32. The number of piperidine rings is 1. The lowest BCUT2D eigenvalue weighted by Crippen LogP contribution is -2.55. The van der Waals surface area contributed by atoms with Gasteiger partial charge in [0.15, 0.2) is 0 Å². The monoisotopic (exact) mass is 641 g/mol. The van der Waals surface area contributed by atoms with Crippen molar-refractivity contribution in [2.75, 3.05) is 50.8 Å². The maximum Gasteiger partial charge on any atom is 0.264 e. The lowest BCUT2D eigenvalue weighted by atomic mass is 9.94. The minimum atomic E-state index is -0.689. The number of hydrogen-bond acceptors (Lipinski definition) is 10. The highest BCUT2D eigenvalue weighted by atomic mass is 19.1. The van der Waals surface area contributed by atoms with E-state index in [0.717, 1.165) is 0 Å². The minimum absolute atomic E-state index is 0.00822. The molecule has 246 valence electrons. The summed E-state index contributed by atoms with van der Waals surface area (Å²) in [7, 11) is 1.76. The lowest BCUT2D eigenvalue weighted by Gasteiger charge is -2.41. The summed E-state index contributed by atoms with van der Waals surface area (Å²) >= 11 is 0. The molecule has 1 aliphatic carbocycles. The molecule has 0 saturated carbocycles. The quantitative estimate of drug-likeness (QED) is 0.210. The Morgan fingerprint density at radius 1 is 1.21 bits per heavy atom. The van der Waals surface area contributed by atoms with E-state index in [1.165, 1.54) is 12.4 Å². The number of hydrogen-bond donors (Lipinski definition) is 3. The van der Waals surface area contributed by atoms with Crippen LogP contribution < -0.4 is 15.8 Å². The lowest BCUT2D eigenvalue weighted by molar-refractivity contribution is -0.136. The van der Waals surface area contributed by atoms with E-state index in [-0.39, 0.29) is 65.5 Å². The standard InChI is InChI=1S/C34H40FN9O3/c1-34(2,44-15-14-42(3)28(45)20-44)17-22(18-36)33(46)43-13-7-8-23(19-43)41-32-29(31(38)39-21-40-32)30(37)26-12-11-25(16-27(26)35)47-24-9-5-4-6-10-24/h4-6,9-10,16-17,21,23,37H,7-8,11-15,19-20H2,1-3H3,(H3,38,39,40,41)/b22-17+,37-30?. The van der Waals surface area contributed by atoms with Crippen LogP contribution in [-0.4, -0.2) is 93.5 Å². The number of benzene rings is 1. The van der Waals surface area contributed by atoms with Gasteiger partial charge in [-0.25, -0.2) is 14.4 Å². The van der Waals surface area contributed by atoms with Crippen LogP contribution in [-0.2, 0) is 9.59 Å². The first-order valence-electron chi connectivity index (χ1n) is 15.7. The van der Waals surface area contributed by atoms with Crippen molar-refractivity contribution in [1.82, 2.24) is 24.7 Å². The molecule has 1 atom stereocenters. The first kappa shape index (κ1) is 33.3. The Labute approximate surface area is 273 Å². The number of nitrogens with two attached hydrogens (primary N) is 1. The van der Waals surface area contributed by atoms with Gasteiger partial charge in [-0.3, -0.25) is 19.9 Å². The number of likely N-dealkylation sites (tertiary alicyclic amines) is 1. The van der Waals surface area contributed by atoms with Crippen LogP contribution in [0.5, 0.6) is 5.75 Å². The fourth-order valence-electron chi connectivity index (χ4n) is 6.02. The number of rotatable bonds is 9. The smallest absolute Gasteiger partial charge is 0.264 e. The summed E-state index contributed by atoms with van der Waals surface area (Å²) in [5.74, 6) is 0.378. The van der Waals surface area contributed by atoms with Gasteiger partial charge in [-0.1, -0.05) is 18.2 Å². The number of para-hydroxylation sites is 1. The van der Waals surface area contributed by atoms with E-state index < -0.39 is 17.3 Å². The molecule has 2 fully saturated rings. The number of nitrogens with one attached hydrogen (secondary N) is 2. The van der Waals surface area contributed by atoms with Crippen molar-refractivity contribution in [2.24, 2.45) is 0 Å². The number of aromatic nitrogens is 2. The third kappa shape index (κ3) is 7.66. The topological polar surface area (TPSA) is 165 Å². The summed E-state index contributed by atoms with van der Waals surface area (Å²) in [5.41, 5.74) is 5.78. The summed E-state index contributed by atoms with van der Waals surface area (Å²) < 4.78 is 21.2. The van der Waals surface area contributed by atoms with Gasteiger partial charge < -0.3 is 25.6 Å². The molecular formula is C34H40FN9O3. The normalized spacial score (nSPS) is 19.6. The molecule has 3 aliphatic rings. The molecule has 3 heterocycles. The second-order valence-electron chi connectivity index (χ2n) is 12.5. The van der Waals surface area contributed by atoms with E-state index in [0.29, 0.717) is 50.4 Å². The first-order valence-corrected chi connectivity index (χ1v) is 15.7. The average Bonchev–Trinajstić information content (AvgIpc) is 3.05. The first-order chi connectivity index (χ1) is 22.5. The van der Waals surface area contributed by atoms with Gasteiger partial charge in [0.05, 0.1) is 17.8 Å². The number of nitriles is 1. The molecule has 12 nitrogen and oxygen atoms in total. The molecule has 2 aliphatic heterocycles. The van der Waals surface area contributed by atoms with Crippen molar-refractivity contribution in [3.63, 3.8) is 0 Å². The van der Waals surface area contributed by atoms with Gasteiger partial charge in [0.1, 0.15) is 46.9 Å². The third-order valence-corrected chi connectivity index (χ3v) is 8.79. The summed E-state index contributed by atoms with van der Waals surface area (Å²) in [5, 5.41) is 22.2. The van der Waals surface area contributed by atoms with Crippen LogP contribution >= 0.6 is 0 Å². The molecule has 0 radical (unpaired) electrons. The average molecular weight is 642 g/mol. The Hall–Kier alpha value is -5.09. The fraction of sp³-hybridized carbons (Fsp3) is 0.412. The number of nitrogens with zero attached hydrogens (tertiary/aromatic N) is 6.